The molecular formula is C24H31ClN2O7. The quantitative estimate of drug-likeness (QED) is 0.268. The van der Waals surface area contributed by atoms with Crippen molar-refractivity contribution < 1.29 is 33.3 Å². The number of methoxy groups -OCH3 is 1. The number of carbonyl (C=O) groups is 3. The Bertz CT molecular complexity index is 945. The normalized spacial score (nSPS) is 17.7. The van der Waals surface area contributed by atoms with E-state index in [-0.39, 0.29) is 37.9 Å². The van der Waals surface area contributed by atoms with E-state index in [1.165, 1.54) is 7.11 Å². The van der Waals surface area contributed by atoms with E-state index in [2.05, 4.69) is 10.3 Å². The molecule has 0 bridgehead atoms. The van der Waals surface area contributed by atoms with Crippen molar-refractivity contribution in [2.45, 2.75) is 26.7 Å². The number of nitrogens with zero attached hydrogens (tertiary/aromatic N) is 1. The third-order valence-electron chi connectivity index (χ3n) is 5.14. The van der Waals surface area contributed by atoms with Gasteiger partial charge in [0.05, 0.1) is 51.4 Å². The molecule has 1 aromatic carbocycles. The second kappa shape index (κ2) is 13.8. The molecule has 186 valence electrons. The molecular weight excluding hydrogens is 464 g/mol. The van der Waals surface area contributed by atoms with Gasteiger partial charge in [0.1, 0.15) is 5.92 Å². The fourth-order valence-electron chi connectivity index (χ4n) is 3.71. The first-order valence-corrected chi connectivity index (χ1v) is 11.4. The number of esters is 3. The number of rotatable bonds is 12. The fourth-order valence-corrected chi connectivity index (χ4v) is 3.96. The molecule has 0 aliphatic carbocycles. The Morgan fingerprint density at radius 3 is 2.47 bits per heavy atom. The van der Waals surface area contributed by atoms with Crippen molar-refractivity contribution in [3.8, 4) is 0 Å². The Hall–Kier alpha value is -2.75. The molecule has 0 radical (unpaired) electrons. The topological polar surface area (TPSA) is 113 Å². The van der Waals surface area contributed by atoms with Gasteiger partial charge < -0.3 is 24.3 Å². The van der Waals surface area contributed by atoms with Crippen LogP contribution in [0.15, 0.2) is 40.5 Å². The Kier molecular flexibility index (Phi) is 11.2. The van der Waals surface area contributed by atoms with Crippen LogP contribution >= 0.6 is 11.6 Å². The van der Waals surface area contributed by atoms with Crippen molar-refractivity contribution >= 4 is 35.2 Å². The summed E-state index contributed by atoms with van der Waals surface area (Å²) in [5, 5.41) is 3.32. The Labute approximate surface area is 204 Å². The van der Waals surface area contributed by atoms with Gasteiger partial charge in [-0.05, 0) is 32.4 Å². The van der Waals surface area contributed by atoms with Crippen LogP contribution < -0.4 is 5.32 Å². The van der Waals surface area contributed by atoms with Gasteiger partial charge in [-0.3, -0.25) is 14.6 Å². The molecule has 1 aliphatic rings. The Morgan fingerprint density at radius 1 is 1.12 bits per heavy atom. The van der Waals surface area contributed by atoms with Gasteiger partial charge in [0.2, 0.25) is 0 Å². The van der Waals surface area contributed by atoms with Crippen LogP contribution in [0.2, 0.25) is 5.02 Å². The third kappa shape index (κ3) is 7.12. The van der Waals surface area contributed by atoms with Crippen LogP contribution in [0.4, 0.5) is 0 Å². The summed E-state index contributed by atoms with van der Waals surface area (Å²) in [4.78, 5) is 41.7. The fraction of sp³-hybridized carbons (Fsp3) is 0.500. The number of aliphatic imine (C=N–C) groups is 1. The molecule has 2 rings (SSSR count). The predicted molar refractivity (Wildman–Crippen MR) is 127 cm³/mol. The average Bonchev–Trinajstić information content (AvgIpc) is 2.81. The van der Waals surface area contributed by atoms with E-state index in [1.54, 1.807) is 45.0 Å². The van der Waals surface area contributed by atoms with Crippen LogP contribution in [0.5, 0.6) is 0 Å². The van der Waals surface area contributed by atoms with Crippen LogP contribution in [0.3, 0.4) is 0 Å². The molecule has 0 amide bonds. The molecule has 0 spiro atoms. The molecule has 0 saturated carbocycles. The molecule has 1 heterocycles. The van der Waals surface area contributed by atoms with E-state index in [0.717, 1.165) is 0 Å². The van der Waals surface area contributed by atoms with Gasteiger partial charge in [-0.25, -0.2) is 4.79 Å². The average molecular weight is 495 g/mol. The number of hydrogen-bond donors (Lipinski definition) is 1. The van der Waals surface area contributed by atoms with E-state index in [0.29, 0.717) is 35.1 Å². The number of benzene rings is 1. The van der Waals surface area contributed by atoms with Crippen molar-refractivity contribution in [3.63, 3.8) is 0 Å². The largest absolute Gasteiger partial charge is 0.468 e. The highest BCUT2D eigenvalue weighted by atomic mass is 35.5. The summed E-state index contributed by atoms with van der Waals surface area (Å²) in [6.07, 6.45) is 0. The van der Waals surface area contributed by atoms with Crippen LogP contribution in [0.1, 0.15) is 32.3 Å². The minimum atomic E-state index is -0.848. The van der Waals surface area contributed by atoms with E-state index < -0.39 is 23.8 Å². The van der Waals surface area contributed by atoms with E-state index in [4.69, 9.17) is 30.5 Å². The van der Waals surface area contributed by atoms with Gasteiger partial charge in [0.25, 0.3) is 0 Å². The standard InChI is InChI=1S/C24H31ClN2O7/c1-5-33-19(28)13-26-11-12-32-14-18-22(24(30)34-6-2)21(16-9-7-8-10-17(16)25)20(15(3)27-18)23(29)31-4/h7-10,20-21,26H,5-6,11-14H2,1-4H3. The highest BCUT2D eigenvalue weighted by Crippen LogP contribution is 2.42. The summed E-state index contributed by atoms with van der Waals surface area (Å²) >= 11 is 6.48. The molecule has 1 N–H and O–H groups in total. The third-order valence-corrected chi connectivity index (χ3v) is 5.49. The lowest BCUT2D eigenvalue weighted by atomic mass is 9.75. The maximum Gasteiger partial charge on any atom is 0.336 e. The molecule has 1 aromatic rings. The first-order chi connectivity index (χ1) is 16.3. The minimum absolute atomic E-state index is 0.00141. The molecule has 10 heteroatoms. The van der Waals surface area contributed by atoms with Crippen LogP contribution in [0, 0.1) is 5.92 Å². The first-order valence-electron chi connectivity index (χ1n) is 11.1. The minimum Gasteiger partial charge on any atom is -0.468 e. The lowest BCUT2D eigenvalue weighted by Crippen LogP contribution is -2.37. The smallest absolute Gasteiger partial charge is 0.336 e. The van der Waals surface area contributed by atoms with E-state index >= 15 is 0 Å². The maximum absolute atomic E-state index is 13.1. The maximum atomic E-state index is 13.1. The summed E-state index contributed by atoms with van der Waals surface area (Å²) < 4.78 is 20.9. The number of nitrogens with one attached hydrogen (secondary N) is 1. The second-order valence-corrected chi connectivity index (χ2v) is 7.78. The van der Waals surface area contributed by atoms with Crippen molar-refractivity contribution in [2.75, 3.05) is 46.6 Å². The highest BCUT2D eigenvalue weighted by Gasteiger charge is 2.43. The zero-order valence-electron chi connectivity index (χ0n) is 19.9. The molecule has 2 unspecified atom stereocenters. The number of halogens is 1. The molecule has 2 atom stereocenters. The van der Waals surface area contributed by atoms with Gasteiger partial charge in [0, 0.05) is 23.2 Å². The molecule has 0 fully saturated rings. The van der Waals surface area contributed by atoms with Crippen LogP contribution in [-0.2, 0) is 33.3 Å². The lowest BCUT2D eigenvalue weighted by molar-refractivity contribution is -0.144. The molecule has 0 aromatic heterocycles. The lowest BCUT2D eigenvalue weighted by Gasteiger charge is -2.32. The van der Waals surface area contributed by atoms with Crippen molar-refractivity contribution in [1.82, 2.24) is 5.32 Å². The molecule has 9 nitrogen and oxygen atoms in total. The zero-order valence-corrected chi connectivity index (χ0v) is 20.6. The van der Waals surface area contributed by atoms with Crippen molar-refractivity contribution in [1.29, 1.82) is 0 Å². The highest BCUT2D eigenvalue weighted by molar-refractivity contribution is 6.31. The van der Waals surface area contributed by atoms with E-state index in [9.17, 15) is 14.4 Å². The Morgan fingerprint density at radius 2 is 1.82 bits per heavy atom. The van der Waals surface area contributed by atoms with Crippen LogP contribution in [-0.4, -0.2) is 70.2 Å². The SMILES string of the molecule is CCOC(=O)CNCCOCC1=C(C(=O)OCC)C(c2ccccc2Cl)C(C(=O)OC)C(C)=N1. The number of ether oxygens (including phenoxy) is 4. The number of hydrogen-bond acceptors (Lipinski definition) is 9. The van der Waals surface area contributed by atoms with Gasteiger partial charge >= 0.3 is 17.9 Å². The Balaban J connectivity index is 2.33. The summed E-state index contributed by atoms with van der Waals surface area (Å²) in [6.45, 7) is 6.32. The summed E-state index contributed by atoms with van der Waals surface area (Å²) in [7, 11) is 1.29. The van der Waals surface area contributed by atoms with Gasteiger partial charge in [-0.1, -0.05) is 29.8 Å². The molecule has 1 aliphatic heterocycles. The molecule has 34 heavy (non-hydrogen) atoms. The van der Waals surface area contributed by atoms with E-state index in [1.807, 2.05) is 0 Å². The summed E-state index contributed by atoms with van der Waals surface area (Å²) in [6, 6.07) is 7.01. The summed E-state index contributed by atoms with van der Waals surface area (Å²) in [5.74, 6) is -3.08. The second-order valence-electron chi connectivity index (χ2n) is 7.37. The zero-order chi connectivity index (χ0) is 25.1. The van der Waals surface area contributed by atoms with Crippen molar-refractivity contribution in [2.24, 2.45) is 10.9 Å². The van der Waals surface area contributed by atoms with Crippen molar-refractivity contribution in [3.05, 3.63) is 46.1 Å². The predicted octanol–water partition coefficient (Wildman–Crippen LogP) is 2.67. The molecule has 0 saturated heterocycles. The first kappa shape index (κ1) is 27.5. The van der Waals surface area contributed by atoms with Gasteiger partial charge in [-0.15, -0.1) is 0 Å². The van der Waals surface area contributed by atoms with Crippen LogP contribution in [0.25, 0.3) is 0 Å². The monoisotopic (exact) mass is 494 g/mol. The van der Waals surface area contributed by atoms with Gasteiger partial charge in [0.15, 0.2) is 0 Å². The number of carbonyl (C=O) groups excluding carboxylic acids is 3. The summed E-state index contributed by atoms with van der Waals surface area (Å²) in [5.41, 5.74) is 1.62. The van der Waals surface area contributed by atoms with Gasteiger partial charge in [-0.2, -0.15) is 0 Å².